The molecule has 0 fully saturated rings. The number of fused-ring (bicyclic) bond motifs is 1. The van der Waals surface area contributed by atoms with E-state index >= 15 is 0 Å². The van der Waals surface area contributed by atoms with E-state index in [0.717, 1.165) is 11.1 Å². The van der Waals surface area contributed by atoms with Gasteiger partial charge < -0.3 is 9.15 Å². The number of hydrogen-bond donors (Lipinski definition) is 1. The van der Waals surface area contributed by atoms with Crippen molar-refractivity contribution in [2.45, 2.75) is 5.22 Å². The van der Waals surface area contributed by atoms with Crippen molar-refractivity contribution in [3.63, 3.8) is 0 Å². The minimum atomic E-state index is -0.405. The summed E-state index contributed by atoms with van der Waals surface area (Å²) < 4.78 is 10.2. The lowest BCUT2D eigenvalue weighted by molar-refractivity contribution is -0.118. The lowest BCUT2D eigenvalue weighted by Crippen LogP contribution is -2.19. The summed E-state index contributed by atoms with van der Waals surface area (Å²) in [5.74, 6) is -0.552. The molecule has 0 aliphatic rings. The standard InChI is InChI=1S/C18H15N3O4S/c1-24-17(23)13-8-6-12(7-9-13)10-19-21-16(22)11-26-18-20-14-4-2-3-5-15(14)25-18/h2-10H,11H2,1H3,(H,21,22). The number of carbonyl (C=O) groups excluding carboxylic acids is 2. The fraction of sp³-hybridized carbons (Fsp3) is 0.111. The number of benzene rings is 2. The van der Waals surface area contributed by atoms with Crippen LogP contribution in [0.25, 0.3) is 11.1 Å². The van der Waals surface area contributed by atoms with Gasteiger partial charge in [0, 0.05) is 0 Å². The number of oxazole rings is 1. The van der Waals surface area contributed by atoms with Crippen LogP contribution in [0.5, 0.6) is 0 Å². The number of nitrogens with zero attached hydrogens (tertiary/aromatic N) is 2. The van der Waals surface area contributed by atoms with Gasteiger partial charge in [0.15, 0.2) is 5.58 Å². The van der Waals surface area contributed by atoms with Gasteiger partial charge in [0.1, 0.15) is 5.52 Å². The summed E-state index contributed by atoms with van der Waals surface area (Å²) >= 11 is 1.19. The molecule has 26 heavy (non-hydrogen) atoms. The maximum Gasteiger partial charge on any atom is 0.337 e. The van der Waals surface area contributed by atoms with Crippen molar-refractivity contribution in [2.75, 3.05) is 12.9 Å². The maximum atomic E-state index is 11.8. The molecule has 0 saturated heterocycles. The van der Waals surface area contributed by atoms with Crippen LogP contribution in [0.1, 0.15) is 15.9 Å². The zero-order valence-corrected chi connectivity index (χ0v) is 14.7. The summed E-state index contributed by atoms with van der Waals surface area (Å²) in [4.78, 5) is 27.5. The smallest absolute Gasteiger partial charge is 0.337 e. The highest BCUT2D eigenvalue weighted by Crippen LogP contribution is 2.22. The third-order valence-electron chi connectivity index (χ3n) is 3.34. The Hall–Kier alpha value is -3.13. The number of methoxy groups -OCH3 is 1. The second-order valence-electron chi connectivity index (χ2n) is 5.14. The molecule has 1 aromatic heterocycles. The molecular formula is C18H15N3O4S. The second-order valence-corrected chi connectivity index (χ2v) is 6.07. The normalized spacial score (nSPS) is 11.0. The monoisotopic (exact) mass is 369 g/mol. The van der Waals surface area contributed by atoms with Crippen molar-refractivity contribution >= 4 is 41.0 Å². The Balaban J connectivity index is 1.48. The molecule has 0 spiro atoms. The third kappa shape index (κ3) is 4.48. The van der Waals surface area contributed by atoms with Gasteiger partial charge >= 0.3 is 5.97 Å². The Morgan fingerprint density at radius 2 is 2.00 bits per heavy atom. The number of thioether (sulfide) groups is 1. The molecule has 0 radical (unpaired) electrons. The quantitative estimate of drug-likeness (QED) is 0.311. The summed E-state index contributed by atoms with van der Waals surface area (Å²) in [6.07, 6.45) is 1.49. The molecule has 1 amide bonds. The Morgan fingerprint density at radius 3 is 2.73 bits per heavy atom. The van der Waals surface area contributed by atoms with Gasteiger partial charge in [-0.05, 0) is 29.8 Å². The zero-order chi connectivity index (χ0) is 18.4. The fourth-order valence-corrected chi connectivity index (χ4v) is 2.71. The number of aromatic nitrogens is 1. The van der Waals surface area contributed by atoms with Crippen LogP contribution < -0.4 is 5.43 Å². The fourth-order valence-electron chi connectivity index (χ4n) is 2.07. The van der Waals surface area contributed by atoms with Crippen LogP contribution in [-0.4, -0.2) is 35.9 Å². The van der Waals surface area contributed by atoms with Crippen molar-refractivity contribution in [2.24, 2.45) is 5.10 Å². The molecule has 8 heteroatoms. The molecular weight excluding hydrogens is 354 g/mol. The average molecular weight is 369 g/mol. The Bertz CT molecular complexity index is 917. The van der Waals surface area contributed by atoms with Crippen molar-refractivity contribution in [1.29, 1.82) is 0 Å². The summed E-state index contributed by atoms with van der Waals surface area (Å²) in [5, 5.41) is 4.32. The van der Waals surface area contributed by atoms with Crippen LogP contribution in [-0.2, 0) is 9.53 Å². The van der Waals surface area contributed by atoms with E-state index in [1.165, 1.54) is 25.1 Å². The molecule has 0 bridgehead atoms. The van der Waals surface area contributed by atoms with Crippen molar-refractivity contribution in [1.82, 2.24) is 10.4 Å². The largest absolute Gasteiger partial charge is 0.465 e. The number of esters is 1. The van der Waals surface area contributed by atoms with Gasteiger partial charge in [0.2, 0.25) is 0 Å². The topological polar surface area (TPSA) is 93.8 Å². The summed E-state index contributed by atoms with van der Waals surface area (Å²) in [6, 6.07) is 14.1. The van der Waals surface area contributed by atoms with Gasteiger partial charge in [-0.1, -0.05) is 36.0 Å². The number of hydrogen-bond acceptors (Lipinski definition) is 7. The minimum absolute atomic E-state index is 0.130. The number of ether oxygens (including phenoxy) is 1. The molecule has 0 atom stereocenters. The number of nitrogens with one attached hydrogen (secondary N) is 1. The van der Waals surface area contributed by atoms with Gasteiger partial charge in [-0.2, -0.15) is 5.10 Å². The Morgan fingerprint density at radius 1 is 1.23 bits per heavy atom. The van der Waals surface area contributed by atoms with E-state index in [9.17, 15) is 9.59 Å². The highest BCUT2D eigenvalue weighted by molar-refractivity contribution is 7.99. The molecule has 2 aromatic carbocycles. The summed E-state index contributed by atoms with van der Waals surface area (Å²) in [7, 11) is 1.33. The first-order valence-corrected chi connectivity index (χ1v) is 8.63. The van der Waals surface area contributed by atoms with Gasteiger partial charge in [0.25, 0.3) is 11.1 Å². The van der Waals surface area contributed by atoms with E-state index in [0.29, 0.717) is 16.4 Å². The number of rotatable bonds is 6. The first-order valence-electron chi connectivity index (χ1n) is 7.64. The molecule has 3 aromatic rings. The number of hydrazone groups is 1. The molecule has 1 N–H and O–H groups in total. The predicted molar refractivity (Wildman–Crippen MR) is 98.3 cm³/mol. The Kier molecular flexibility index (Phi) is 5.65. The van der Waals surface area contributed by atoms with Crippen LogP contribution in [0.4, 0.5) is 0 Å². The maximum absolute atomic E-state index is 11.8. The molecule has 1 heterocycles. The second kappa shape index (κ2) is 8.30. The van der Waals surface area contributed by atoms with Gasteiger partial charge in [-0.3, -0.25) is 4.79 Å². The van der Waals surface area contributed by atoms with Crippen LogP contribution in [0.2, 0.25) is 0 Å². The first-order chi connectivity index (χ1) is 12.7. The van der Waals surface area contributed by atoms with E-state index in [-0.39, 0.29) is 11.7 Å². The highest BCUT2D eigenvalue weighted by atomic mass is 32.2. The Labute approximate surface area is 153 Å². The van der Waals surface area contributed by atoms with Gasteiger partial charge in [-0.25, -0.2) is 15.2 Å². The van der Waals surface area contributed by atoms with E-state index in [2.05, 4.69) is 20.2 Å². The van der Waals surface area contributed by atoms with Crippen LogP contribution in [0.15, 0.2) is 63.3 Å². The SMILES string of the molecule is COC(=O)c1ccc(C=NNC(=O)CSc2nc3ccccc3o2)cc1. The first kappa shape index (κ1) is 17.7. The van der Waals surface area contributed by atoms with Gasteiger partial charge in [-0.15, -0.1) is 0 Å². The number of para-hydroxylation sites is 2. The summed E-state index contributed by atoms with van der Waals surface area (Å²) in [6.45, 7) is 0. The van der Waals surface area contributed by atoms with Gasteiger partial charge in [0.05, 0.1) is 24.6 Å². The number of carbonyl (C=O) groups is 2. The minimum Gasteiger partial charge on any atom is -0.465 e. The van der Waals surface area contributed by atoms with E-state index in [4.69, 9.17) is 4.42 Å². The number of amides is 1. The lowest BCUT2D eigenvalue weighted by Gasteiger charge is -1.99. The molecule has 132 valence electrons. The predicted octanol–water partition coefficient (Wildman–Crippen LogP) is 2.86. The molecule has 0 unspecified atom stereocenters. The summed E-state index contributed by atoms with van der Waals surface area (Å²) in [5.41, 5.74) is 5.06. The van der Waals surface area contributed by atoms with Crippen LogP contribution >= 0.6 is 11.8 Å². The zero-order valence-electron chi connectivity index (χ0n) is 13.8. The molecule has 3 rings (SSSR count). The average Bonchev–Trinajstić information content (AvgIpc) is 3.09. The third-order valence-corrected chi connectivity index (χ3v) is 4.16. The van der Waals surface area contributed by atoms with Crippen molar-refractivity contribution < 1.29 is 18.7 Å². The van der Waals surface area contributed by atoms with Crippen LogP contribution in [0, 0.1) is 0 Å². The molecule has 7 nitrogen and oxygen atoms in total. The highest BCUT2D eigenvalue weighted by Gasteiger charge is 2.08. The van der Waals surface area contributed by atoms with E-state index in [1.54, 1.807) is 24.3 Å². The lowest BCUT2D eigenvalue weighted by atomic mass is 10.1. The van der Waals surface area contributed by atoms with Crippen molar-refractivity contribution in [3.05, 3.63) is 59.7 Å². The van der Waals surface area contributed by atoms with E-state index in [1.807, 2.05) is 24.3 Å². The molecule has 0 saturated carbocycles. The molecule has 0 aliphatic carbocycles. The van der Waals surface area contributed by atoms with E-state index < -0.39 is 5.97 Å². The van der Waals surface area contributed by atoms with Crippen LogP contribution in [0.3, 0.4) is 0 Å². The molecule has 0 aliphatic heterocycles. The van der Waals surface area contributed by atoms with Crippen molar-refractivity contribution in [3.8, 4) is 0 Å².